The summed E-state index contributed by atoms with van der Waals surface area (Å²) < 4.78 is 30.1. The van der Waals surface area contributed by atoms with Crippen LogP contribution in [0.25, 0.3) is 32.1 Å². The molecule has 3 aliphatic rings. The van der Waals surface area contributed by atoms with Gasteiger partial charge in [0.15, 0.2) is 11.6 Å². The van der Waals surface area contributed by atoms with Gasteiger partial charge in [-0.25, -0.2) is 9.37 Å². The molecule has 0 amide bonds. The smallest absolute Gasteiger partial charge is 0.318 e. The lowest BCUT2D eigenvalue weighted by Gasteiger charge is -2.44. The summed E-state index contributed by atoms with van der Waals surface area (Å²) >= 11 is 8.48. The Morgan fingerprint density at radius 3 is 2.84 bits per heavy atom. The fourth-order valence-corrected chi connectivity index (χ4v) is 9.00. The highest BCUT2D eigenvalue weighted by molar-refractivity contribution is 7.23. The molecule has 4 heterocycles. The molecule has 9 nitrogen and oxygen atoms in total. The fourth-order valence-electron chi connectivity index (χ4n) is 7.72. The van der Waals surface area contributed by atoms with Crippen LogP contribution < -0.4 is 25.8 Å². The van der Waals surface area contributed by atoms with Gasteiger partial charge >= 0.3 is 6.01 Å². The van der Waals surface area contributed by atoms with E-state index in [9.17, 15) is 5.26 Å². The van der Waals surface area contributed by atoms with Gasteiger partial charge in [0.05, 0.1) is 35.7 Å². The largest absolute Gasteiger partial charge is 0.491 e. The van der Waals surface area contributed by atoms with Crippen molar-refractivity contribution in [1.82, 2.24) is 15.0 Å². The average Bonchev–Trinajstić information content (AvgIpc) is 3.63. The first-order valence-corrected chi connectivity index (χ1v) is 16.2. The van der Waals surface area contributed by atoms with Crippen molar-refractivity contribution in [3.8, 4) is 29.0 Å². The number of halogens is 2. The number of thiophene rings is 1. The van der Waals surface area contributed by atoms with E-state index in [4.69, 9.17) is 37.5 Å². The molecule has 0 radical (unpaired) electrons. The third-order valence-corrected chi connectivity index (χ3v) is 11.0. The molecular formula is C33H29ClFN7O2S. The molecule has 1 saturated carbocycles. The normalized spacial score (nSPS) is 20.7. The number of hydrogen-bond donors (Lipinski definition) is 2. The maximum Gasteiger partial charge on any atom is 0.318 e. The number of aryl methyl sites for hydroxylation is 1. The van der Waals surface area contributed by atoms with E-state index in [2.05, 4.69) is 20.9 Å². The minimum absolute atomic E-state index is 0.0293. The van der Waals surface area contributed by atoms with E-state index in [1.165, 1.54) is 24.0 Å². The average molecular weight is 642 g/mol. The van der Waals surface area contributed by atoms with Gasteiger partial charge in [-0.3, -0.25) is 0 Å². The summed E-state index contributed by atoms with van der Waals surface area (Å²) in [7, 11) is 1.47. The third-order valence-electron chi connectivity index (χ3n) is 9.62. The second-order valence-corrected chi connectivity index (χ2v) is 13.3. The number of pyridine rings is 1. The number of anilines is 3. The molecule has 228 valence electrons. The number of hydrogen-bond acceptors (Lipinski definition) is 10. The molecule has 2 aromatic carbocycles. The molecule has 3 unspecified atom stereocenters. The molecule has 3 atom stereocenters. The minimum Gasteiger partial charge on any atom is -0.491 e. The monoisotopic (exact) mass is 641 g/mol. The Labute approximate surface area is 267 Å². The zero-order valence-corrected chi connectivity index (χ0v) is 26.0. The van der Waals surface area contributed by atoms with Gasteiger partial charge in [-0.2, -0.15) is 15.2 Å². The lowest BCUT2D eigenvalue weighted by molar-refractivity contribution is 0.228. The van der Waals surface area contributed by atoms with E-state index >= 15 is 4.39 Å². The summed E-state index contributed by atoms with van der Waals surface area (Å²) in [5.41, 5.74) is 15.8. The number of nitrogens with two attached hydrogens (primary N) is 2. The molecule has 0 bridgehead atoms. The Hall–Kier alpha value is -4.40. The van der Waals surface area contributed by atoms with Gasteiger partial charge in [-0.15, -0.1) is 11.3 Å². The van der Waals surface area contributed by atoms with Crippen LogP contribution in [0.15, 0.2) is 30.5 Å². The molecule has 12 heteroatoms. The lowest BCUT2D eigenvalue weighted by Crippen LogP contribution is -2.45. The summed E-state index contributed by atoms with van der Waals surface area (Å²) in [6.07, 6.45) is 7.38. The molecule has 4 N–H and O–H groups in total. The number of aromatic nitrogens is 3. The van der Waals surface area contributed by atoms with E-state index < -0.39 is 5.82 Å². The van der Waals surface area contributed by atoms with Gasteiger partial charge in [0.2, 0.25) is 0 Å². The van der Waals surface area contributed by atoms with Crippen molar-refractivity contribution in [3.05, 3.63) is 58.0 Å². The van der Waals surface area contributed by atoms with Crippen molar-refractivity contribution in [3.63, 3.8) is 0 Å². The van der Waals surface area contributed by atoms with E-state index in [1.54, 1.807) is 18.3 Å². The first kappa shape index (κ1) is 28.1. The summed E-state index contributed by atoms with van der Waals surface area (Å²) in [5, 5.41) is 11.4. The summed E-state index contributed by atoms with van der Waals surface area (Å²) in [6.45, 7) is 0.397. The minimum atomic E-state index is -0.654. The maximum absolute atomic E-state index is 17.2. The Bertz CT molecular complexity index is 2080. The van der Waals surface area contributed by atoms with Crippen molar-refractivity contribution in [2.75, 3.05) is 30.1 Å². The van der Waals surface area contributed by atoms with Gasteiger partial charge in [0.1, 0.15) is 28.2 Å². The molecule has 1 fully saturated rings. The molecule has 5 aromatic rings. The van der Waals surface area contributed by atoms with Gasteiger partial charge < -0.3 is 25.8 Å². The summed E-state index contributed by atoms with van der Waals surface area (Å²) in [6, 6.07) is 9.59. The van der Waals surface area contributed by atoms with Gasteiger partial charge in [-0.05, 0) is 55.4 Å². The van der Waals surface area contributed by atoms with Crippen LogP contribution in [-0.2, 0) is 6.42 Å². The van der Waals surface area contributed by atoms with Gasteiger partial charge in [0.25, 0.3) is 0 Å². The molecule has 3 aromatic heterocycles. The van der Waals surface area contributed by atoms with Gasteiger partial charge in [-0.1, -0.05) is 30.2 Å². The molecule has 8 rings (SSSR count). The number of nitriles is 1. The summed E-state index contributed by atoms with van der Waals surface area (Å²) in [4.78, 5) is 16.2. The molecule has 0 spiro atoms. The van der Waals surface area contributed by atoms with Gasteiger partial charge in [0, 0.05) is 39.4 Å². The highest BCUT2D eigenvalue weighted by Crippen LogP contribution is 2.54. The highest BCUT2D eigenvalue weighted by Gasteiger charge is 2.43. The van der Waals surface area contributed by atoms with Crippen molar-refractivity contribution in [2.24, 2.45) is 5.92 Å². The van der Waals surface area contributed by atoms with E-state index in [-0.39, 0.29) is 45.7 Å². The number of nitrogens with zero attached hydrogens (tertiary/aromatic N) is 5. The maximum atomic E-state index is 17.2. The van der Waals surface area contributed by atoms with Crippen LogP contribution in [0.3, 0.4) is 0 Å². The van der Waals surface area contributed by atoms with Crippen molar-refractivity contribution < 1.29 is 13.9 Å². The van der Waals surface area contributed by atoms with Crippen LogP contribution in [0.1, 0.15) is 54.8 Å². The van der Waals surface area contributed by atoms with E-state index in [1.807, 2.05) is 12.1 Å². The van der Waals surface area contributed by atoms with E-state index in [0.717, 1.165) is 48.8 Å². The predicted octanol–water partition coefficient (Wildman–Crippen LogP) is 7.19. The van der Waals surface area contributed by atoms with Crippen LogP contribution >= 0.6 is 22.9 Å². The number of fused-ring (bicyclic) bond motifs is 3. The van der Waals surface area contributed by atoms with Crippen LogP contribution in [-0.4, -0.2) is 34.7 Å². The number of nitrogen functional groups attached to an aromatic ring is 2. The SMILES string of the molecule is COc1nc2c3c(c(Cl)c(-c4cccc5sc(N)c(C#N)c45)c(F)c3n1)OCC1CCCC1N2C1CCCc2ccnc(N)c21. The molecule has 2 aliphatic carbocycles. The number of ether oxygens (including phenoxy) is 2. The Kier molecular flexibility index (Phi) is 6.62. The first-order valence-electron chi connectivity index (χ1n) is 15.0. The lowest BCUT2D eigenvalue weighted by atomic mass is 9.85. The summed E-state index contributed by atoms with van der Waals surface area (Å²) in [5.74, 6) is 0.836. The number of methoxy groups -OCH3 is 1. The zero-order chi connectivity index (χ0) is 31.0. The third kappa shape index (κ3) is 4.12. The Balaban J connectivity index is 1.46. The fraction of sp³-hybridized carbons (Fsp3) is 0.333. The second kappa shape index (κ2) is 10.6. The van der Waals surface area contributed by atoms with Crippen LogP contribution in [0.5, 0.6) is 11.8 Å². The zero-order valence-electron chi connectivity index (χ0n) is 24.4. The standard InChI is InChI=1S/C33H29ClFN7O2S/c1-43-33-40-28-25-29(26(34)24(27(28)35)17-7-4-10-21-23(17)18(13-36)31(38)45-21)44-14-16-6-3-8-19(16)42(32(25)41-33)20-9-2-5-15-11-12-39-30(37)22(15)20/h4,7,10-12,16,19-20H,2-3,5-6,8-9,14,38H2,1H3,(H2,37,39). The quantitative estimate of drug-likeness (QED) is 0.210. The molecule has 1 aliphatic heterocycles. The van der Waals surface area contributed by atoms with Crippen LogP contribution in [0, 0.1) is 23.1 Å². The van der Waals surface area contributed by atoms with Crippen LogP contribution in [0.4, 0.5) is 21.0 Å². The Morgan fingerprint density at radius 1 is 1.16 bits per heavy atom. The topological polar surface area (TPSA) is 136 Å². The second-order valence-electron chi connectivity index (χ2n) is 11.9. The van der Waals surface area contributed by atoms with Crippen LogP contribution in [0.2, 0.25) is 5.02 Å². The molecule has 45 heavy (non-hydrogen) atoms. The highest BCUT2D eigenvalue weighted by atomic mass is 35.5. The molecular weight excluding hydrogens is 613 g/mol. The van der Waals surface area contributed by atoms with Crippen molar-refractivity contribution >= 4 is 60.6 Å². The molecule has 0 saturated heterocycles. The van der Waals surface area contributed by atoms with Crippen molar-refractivity contribution in [1.29, 1.82) is 5.26 Å². The Morgan fingerprint density at radius 2 is 2.02 bits per heavy atom. The number of rotatable bonds is 3. The first-order chi connectivity index (χ1) is 21.9. The van der Waals surface area contributed by atoms with E-state index in [0.29, 0.717) is 45.3 Å². The predicted molar refractivity (Wildman–Crippen MR) is 174 cm³/mol. The van der Waals surface area contributed by atoms with Crippen molar-refractivity contribution in [2.45, 2.75) is 50.6 Å². The number of benzene rings is 2.